The SMILES string of the molecule is CCCCCCCCCCCCCCCCCCCCC(O)C(=O)NC(CO)C(O)C(O)CCCCCCCCCCCCCCC. The first-order valence-electron chi connectivity index (χ1n) is 20.9. The van der Waals surface area contributed by atoms with Crippen molar-refractivity contribution < 1.29 is 25.2 Å². The van der Waals surface area contributed by atoms with E-state index in [-0.39, 0.29) is 0 Å². The number of carbonyl (C=O) groups excluding carboxylic acids is 1. The lowest BCUT2D eigenvalue weighted by Crippen LogP contribution is -2.53. The minimum Gasteiger partial charge on any atom is -0.394 e. The van der Waals surface area contributed by atoms with Gasteiger partial charge in [0.05, 0.1) is 18.8 Å². The maximum absolute atomic E-state index is 12.5. The first-order valence-corrected chi connectivity index (χ1v) is 20.9. The highest BCUT2D eigenvalue weighted by molar-refractivity contribution is 5.80. The molecule has 0 bridgehead atoms. The van der Waals surface area contributed by atoms with Gasteiger partial charge in [-0.15, -0.1) is 0 Å². The van der Waals surface area contributed by atoms with Crippen molar-refractivity contribution in [1.82, 2.24) is 5.32 Å². The van der Waals surface area contributed by atoms with Crippen LogP contribution in [0.15, 0.2) is 0 Å². The molecule has 0 saturated heterocycles. The van der Waals surface area contributed by atoms with Crippen molar-refractivity contribution in [1.29, 1.82) is 0 Å². The summed E-state index contributed by atoms with van der Waals surface area (Å²) in [6, 6.07) is -0.977. The van der Waals surface area contributed by atoms with Gasteiger partial charge in [-0.05, 0) is 12.8 Å². The Labute approximate surface area is 292 Å². The summed E-state index contributed by atoms with van der Waals surface area (Å²) in [5, 5.41) is 43.6. The number of amides is 1. The van der Waals surface area contributed by atoms with Gasteiger partial charge in [-0.3, -0.25) is 4.79 Å². The van der Waals surface area contributed by atoms with Crippen LogP contribution in [0.2, 0.25) is 0 Å². The monoisotopic (exact) mass is 670 g/mol. The van der Waals surface area contributed by atoms with Gasteiger partial charge in [-0.2, -0.15) is 0 Å². The molecule has 4 atom stereocenters. The van der Waals surface area contributed by atoms with Crippen molar-refractivity contribution in [3.05, 3.63) is 0 Å². The van der Waals surface area contributed by atoms with Gasteiger partial charge < -0.3 is 25.7 Å². The van der Waals surface area contributed by atoms with E-state index in [2.05, 4.69) is 19.2 Å². The molecular weight excluding hydrogens is 586 g/mol. The Balaban J connectivity index is 3.71. The number of aliphatic hydroxyl groups excluding tert-OH is 4. The molecule has 0 saturated carbocycles. The number of hydrogen-bond acceptors (Lipinski definition) is 5. The third-order valence-electron chi connectivity index (χ3n) is 10.1. The number of unbranched alkanes of at least 4 members (excludes halogenated alkanes) is 29. The Morgan fingerprint density at radius 3 is 1.02 bits per heavy atom. The van der Waals surface area contributed by atoms with Gasteiger partial charge in [-0.25, -0.2) is 0 Å². The molecule has 0 aromatic rings. The predicted octanol–water partition coefficient (Wildman–Crippen LogP) is 10.5. The summed E-state index contributed by atoms with van der Waals surface area (Å²) < 4.78 is 0. The molecule has 0 heterocycles. The maximum atomic E-state index is 12.5. The number of rotatable bonds is 38. The first kappa shape index (κ1) is 46.3. The maximum Gasteiger partial charge on any atom is 0.249 e. The molecule has 5 N–H and O–H groups in total. The minimum absolute atomic E-state index is 0.375. The second-order valence-corrected chi connectivity index (χ2v) is 14.7. The standard InChI is InChI=1S/C41H83NO5/c1-3-5-7-9-11-13-15-17-18-19-20-21-23-25-27-29-31-33-35-39(45)41(47)42-37(36-43)40(46)38(44)34-32-30-28-26-24-22-16-14-12-10-8-6-4-2/h37-40,43-46H,3-36H2,1-2H3,(H,42,47). The average molecular weight is 670 g/mol. The van der Waals surface area contributed by atoms with Crippen LogP contribution < -0.4 is 5.32 Å². The van der Waals surface area contributed by atoms with E-state index in [9.17, 15) is 25.2 Å². The molecule has 282 valence electrons. The van der Waals surface area contributed by atoms with Crippen molar-refractivity contribution in [2.24, 2.45) is 0 Å². The van der Waals surface area contributed by atoms with Crippen molar-refractivity contribution in [2.45, 2.75) is 250 Å². The van der Waals surface area contributed by atoms with Gasteiger partial charge in [0.2, 0.25) is 5.91 Å². The third-order valence-corrected chi connectivity index (χ3v) is 10.1. The highest BCUT2D eigenvalue weighted by atomic mass is 16.3. The van der Waals surface area contributed by atoms with Gasteiger partial charge in [-0.1, -0.05) is 213 Å². The molecule has 0 aliphatic rings. The Morgan fingerprint density at radius 2 is 0.723 bits per heavy atom. The van der Waals surface area contributed by atoms with E-state index in [4.69, 9.17) is 0 Å². The fourth-order valence-corrected chi connectivity index (χ4v) is 6.70. The summed E-state index contributed by atoms with van der Waals surface area (Å²) >= 11 is 0. The second kappa shape index (κ2) is 36.6. The molecular formula is C41H83NO5. The summed E-state index contributed by atoms with van der Waals surface area (Å²) in [6.45, 7) is 4.05. The molecule has 1 amide bonds. The Hall–Kier alpha value is -0.690. The smallest absolute Gasteiger partial charge is 0.249 e. The summed E-state index contributed by atoms with van der Waals surface area (Å²) in [7, 11) is 0. The highest BCUT2D eigenvalue weighted by Crippen LogP contribution is 2.17. The molecule has 0 spiro atoms. The van der Waals surface area contributed by atoms with E-state index in [1.165, 1.54) is 161 Å². The first-order chi connectivity index (χ1) is 23.0. The lowest BCUT2D eigenvalue weighted by atomic mass is 9.99. The molecule has 0 aromatic carbocycles. The largest absolute Gasteiger partial charge is 0.394 e. The van der Waals surface area contributed by atoms with E-state index in [1.807, 2.05) is 0 Å². The van der Waals surface area contributed by atoms with Gasteiger partial charge in [0, 0.05) is 0 Å². The van der Waals surface area contributed by atoms with Crippen LogP contribution in [0.25, 0.3) is 0 Å². The summed E-state index contributed by atoms with van der Waals surface area (Å²) in [4.78, 5) is 12.5. The van der Waals surface area contributed by atoms with Gasteiger partial charge >= 0.3 is 0 Å². The molecule has 0 aliphatic carbocycles. The number of hydrogen-bond donors (Lipinski definition) is 5. The van der Waals surface area contributed by atoms with Crippen LogP contribution in [0.1, 0.15) is 226 Å². The Morgan fingerprint density at radius 1 is 0.447 bits per heavy atom. The summed E-state index contributed by atoms with van der Waals surface area (Å²) in [5.74, 6) is -0.580. The summed E-state index contributed by atoms with van der Waals surface area (Å²) in [6.07, 6.45) is 37.0. The van der Waals surface area contributed by atoms with Crippen molar-refractivity contribution in [2.75, 3.05) is 6.61 Å². The molecule has 0 aliphatic heterocycles. The van der Waals surface area contributed by atoms with Gasteiger partial charge in [0.1, 0.15) is 12.2 Å². The molecule has 6 nitrogen and oxygen atoms in total. The molecule has 0 aromatic heterocycles. The highest BCUT2D eigenvalue weighted by Gasteiger charge is 2.28. The molecule has 47 heavy (non-hydrogen) atoms. The zero-order chi connectivity index (χ0) is 34.6. The van der Waals surface area contributed by atoms with E-state index < -0.39 is 36.9 Å². The normalized spacial score (nSPS) is 14.3. The zero-order valence-electron chi connectivity index (χ0n) is 31.5. The predicted molar refractivity (Wildman–Crippen MR) is 201 cm³/mol. The van der Waals surface area contributed by atoms with Crippen LogP contribution in [0.4, 0.5) is 0 Å². The van der Waals surface area contributed by atoms with Gasteiger partial charge in [0.25, 0.3) is 0 Å². The van der Waals surface area contributed by atoms with E-state index >= 15 is 0 Å². The van der Waals surface area contributed by atoms with Crippen LogP contribution >= 0.6 is 0 Å². The van der Waals surface area contributed by atoms with Gasteiger partial charge in [0.15, 0.2) is 0 Å². The second-order valence-electron chi connectivity index (χ2n) is 14.7. The minimum atomic E-state index is -1.25. The topological polar surface area (TPSA) is 110 Å². The lowest BCUT2D eigenvalue weighted by molar-refractivity contribution is -0.132. The fraction of sp³-hybridized carbons (Fsp3) is 0.976. The molecule has 4 unspecified atom stereocenters. The number of carbonyl (C=O) groups is 1. The Bertz CT molecular complexity index is 633. The third kappa shape index (κ3) is 31.1. The lowest BCUT2D eigenvalue weighted by Gasteiger charge is -2.27. The van der Waals surface area contributed by atoms with E-state index in [0.29, 0.717) is 12.8 Å². The number of aliphatic hydroxyl groups is 4. The van der Waals surface area contributed by atoms with Crippen LogP contribution in [0.3, 0.4) is 0 Å². The van der Waals surface area contributed by atoms with Crippen molar-refractivity contribution in [3.63, 3.8) is 0 Å². The Kier molecular flexibility index (Phi) is 36.0. The molecule has 6 heteroatoms. The molecule has 0 rings (SSSR count). The van der Waals surface area contributed by atoms with Crippen molar-refractivity contribution >= 4 is 5.91 Å². The quantitative estimate of drug-likeness (QED) is 0.0420. The van der Waals surface area contributed by atoms with Crippen molar-refractivity contribution in [3.8, 4) is 0 Å². The van der Waals surface area contributed by atoms with E-state index in [1.54, 1.807) is 0 Å². The van der Waals surface area contributed by atoms with Crippen LogP contribution in [-0.2, 0) is 4.79 Å². The molecule has 0 fully saturated rings. The zero-order valence-corrected chi connectivity index (χ0v) is 31.5. The fourth-order valence-electron chi connectivity index (χ4n) is 6.70. The molecule has 0 radical (unpaired) electrons. The average Bonchev–Trinajstić information content (AvgIpc) is 3.07. The van der Waals surface area contributed by atoms with E-state index in [0.717, 1.165) is 38.5 Å². The van der Waals surface area contributed by atoms with Crippen LogP contribution in [0.5, 0.6) is 0 Å². The van der Waals surface area contributed by atoms with Crippen LogP contribution in [-0.4, -0.2) is 57.3 Å². The van der Waals surface area contributed by atoms with Crippen LogP contribution in [0, 0.1) is 0 Å². The summed E-state index contributed by atoms with van der Waals surface area (Å²) in [5.41, 5.74) is 0. The number of nitrogens with one attached hydrogen (secondary N) is 1.